The first-order valence-electron chi connectivity index (χ1n) is 4.13. The smallest absolute Gasteiger partial charge is 0.103 e. The summed E-state index contributed by atoms with van der Waals surface area (Å²) in [5.74, 6) is 0. The lowest BCUT2D eigenvalue weighted by atomic mass is 9.95. The summed E-state index contributed by atoms with van der Waals surface area (Å²) in [6.45, 7) is 5.79. The second-order valence-corrected chi connectivity index (χ2v) is 4.14. The first-order chi connectivity index (χ1) is 5.23. The third kappa shape index (κ3) is 0.840. The summed E-state index contributed by atoms with van der Waals surface area (Å²) in [5, 5.41) is 9.98. The fraction of sp³-hybridized carbons (Fsp3) is 1.00. The number of hydrogen-bond donors (Lipinski definition) is 1. The Morgan fingerprint density at radius 3 is 1.45 bits per heavy atom. The van der Waals surface area contributed by atoms with Crippen LogP contribution in [-0.4, -0.2) is 65.0 Å². The van der Waals surface area contributed by atoms with Crippen molar-refractivity contribution >= 4 is 0 Å². The van der Waals surface area contributed by atoms with Crippen molar-refractivity contribution in [3.63, 3.8) is 0 Å². The molecule has 1 N–H and O–H groups in total. The van der Waals surface area contributed by atoms with Gasteiger partial charge in [-0.25, -0.2) is 0 Å². The largest absolute Gasteiger partial charge is 0.386 e. The predicted octanol–water partition coefficient (Wildman–Crippen LogP) is -1.46. The lowest BCUT2D eigenvalue weighted by molar-refractivity contribution is -0.206. The van der Waals surface area contributed by atoms with E-state index in [-0.39, 0.29) is 0 Å². The average Bonchev–Trinajstić information content (AvgIpc) is 1.79. The molecule has 62 valence electrons. The number of hydrogen-bond acceptors (Lipinski definition) is 4. The van der Waals surface area contributed by atoms with E-state index in [1.165, 1.54) is 0 Å². The van der Waals surface area contributed by atoms with Crippen LogP contribution in [0.3, 0.4) is 0 Å². The SMILES string of the molecule is OC12CN3CN(CN(C3)C1)C2. The molecule has 0 saturated carbocycles. The Balaban J connectivity index is 1.94. The van der Waals surface area contributed by atoms with Crippen LogP contribution in [0.1, 0.15) is 0 Å². The van der Waals surface area contributed by atoms with Gasteiger partial charge in [0.1, 0.15) is 5.60 Å². The third-order valence-corrected chi connectivity index (χ3v) is 2.75. The molecule has 0 aliphatic carbocycles. The normalized spacial score (nSPS) is 60.3. The molecule has 0 spiro atoms. The molecule has 4 rings (SSSR count). The minimum Gasteiger partial charge on any atom is -0.386 e. The Bertz CT molecular complexity index is 159. The summed E-state index contributed by atoms with van der Waals surface area (Å²) >= 11 is 0. The summed E-state index contributed by atoms with van der Waals surface area (Å²) in [7, 11) is 0. The van der Waals surface area contributed by atoms with Crippen LogP contribution in [0, 0.1) is 0 Å². The highest BCUT2D eigenvalue weighted by Gasteiger charge is 2.47. The molecule has 4 fully saturated rings. The number of rotatable bonds is 0. The van der Waals surface area contributed by atoms with Crippen LogP contribution in [0.4, 0.5) is 0 Å². The Morgan fingerprint density at radius 1 is 0.818 bits per heavy atom. The molecule has 0 aromatic heterocycles. The van der Waals surface area contributed by atoms with Crippen LogP contribution < -0.4 is 0 Å². The molecule has 0 aromatic carbocycles. The van der Waals surface area contributed by atoms with Gasteiger partial charge in [-0.3, -0.25) is 14.7 Å². The van der Waals surface area contributed by atoms with Crippen molar-refractivity contribution in [2.45, 2.75) is 5.60 Å². The number of aliphatic hydroxyl groups is 1. The van der Waals surface area contributed by atoms with E-state index in [2.05, 4.69) is 14.7 Å². The zero-order valence-corrected chi connectivity index (χ0v) is 6.53. The summed E-state index contributed by atoms with van der Waals surface area (Å²) in [6, 6.07) is 0. The minimum atomic E-state index is -0.422. The first kappa shape index (κ1) is 6.37. The van der Waals surface area contributed by atoms with E-state index < -0.39 is 5.60 Å². The van der Waals surface area contributed by atoms with Crippen molar-refractivity contribution < 1.29 is 5.11 Å². The van der Waals surface area contributed by atoms with Crippen molar-refractivity contribution in [1.29, 1.82) is 0 Å². The van der Waals surface area contributed by atoms with Gasteiger partial charge < -0.3 is 5.11 Å². The van der Waals surface area contributed by atoms with Gasteiger partial charge in [-0.1, -0.05) is 0 Å². The van der Waals surface area contributed by atoms with Crippen LogP contribution in [0.15, 0.2) is 0 Å². The Kier molecular flexibility index (Phi) is 1.02. The van der Waals surface area contributed by atoms with Crippen LogP contribution in [-0.2, 0) is 0 Å². The van der Waals surface area contributed by atoms with Crippen LogP contribution >= 0.6 is 0 Å². The van der Waals surface area contributed by atoms with Gasteiger partial charge in [0.05, 0.1) is 20.0 Å². The van der Waals surface area contributed by atoms with Gasteiger partial charge in [0, 0.05) is 19.6 Å². The van der Waals surface area contributed by atoms with Gasteiger partial charge >= 0.3 is 0 Å². The molecule has 0 atom stereocenters. The molecule has 4 aliphatic rings. The van der Waals surface area contributed by atoms with E-state index in [9.17, 15) is 5.11 Å². The topological polar surface area (TPSA) is 30.0 Å². The van der Waals surface area contributed by atoms with E-state index in [1.807, 2.05) is 0 Å². The molecule has 4 heterocycles. The number of nitrogens with zero attached hydrogens (tertiary/aromatic N) is 3. The van der Waals surface area contributed by atoms with Crippen molar-refractivity contribution in [2.24, 2.45) is 0 Å². The van der Waals surface area contributed by atoms with Gasteiger partial charge in [0.2, 0.25) is 0 Å². The highest BCUT2D eigenvalue weighted by molar-refractivity contribution is 4.99. The van der Waals surface area contributed by atoms with E-state index in [4.69, 9.17) is 0 Å². The van der Waals surface area contributed by atoms with E-state index in [1.54, 1.807) is 0 Å². The summed E-state index contributed by atoms with van der Waals surface area (Å²) < 4.78 is 0. The molecule has 0 amide bonds. The van der Waals surface area contributed by atoms with Gasteiger partial charge in [0.15, 0.2) is 0 Å². The minimum absolute atomic E-state index is 0.422. The first-order valence-corrected chi connectivity index (χ1v) is 4.13. The fourth-order valence-corrected chi connectivity index (χ4v) is 2.68. The highest BCUT2D eigenvalue weighted by atomic mass is 16.3. The Labute approximate surface area is 66.0 Å². The molecule has 4 bridgehead atoms. The molecule has 11 heavy (non-hydrogen) atoms. The van der Waals surface area contributed by atoms with Crippen molar-refractivity contribution in [1.82, 2.24) is 14.7 Å². The standard InChI is InChI=1S/C7H13N3O/c11-7-1-8-4-9(2-7)6-10(3-7)5-8/h11H,1-6H2. The van der Waals surface area contributed by atoms with Crippen LogP contribution in [0.2, 0.25) is 0 Å². The van der Waals surface area contributed by atoms with Crippen molar-refractivity contribution in [3.8, 4) is 0 Å². The lowest BCUT2D eigenvalue weighted by Gasteiger charge is -2.58. The molecule has 0 radical (unpaired) electrons. The quantitative estimate of drug-likeness (QED) is 0.463. The van der Waals surface area contributed by atoms with Gasteiger partial charge in [-0.05, 0) is 0 Å². The fourth-order valence-electron chi connectivity index (χ4n) is 2.68. The Hall–Kier alpha value is -0.160. The highest BCUT2D eigenvalue weighted by Crippen LogP contribution is 2.28. The maximum atomic E-state index is 9.98. The third-order valence-electron chi connectivity index (χ3n) is 2.75. The van der Waals surface area contributed by atoms with E-state index in [0.717, 1.165) is 39.6 Å². The van der Waals surface area contributed by atoms with E-state index >= 15 is 0 Å². The van der Waals surface area contributed by atoms with Gasteiger partial charge in [0.25, 0.3) is 0 Å². The molecule has 4 heteroatoms. The van der Waals surface area contributed by atoms with Crippen molar-refractivity contribution in [3.05, 3.63) is 0 Å². The molecule has 4 nitrogen and oxygen atoms in total. The monoisotopic (exact) mass is 155 g/mol. The molecule has 4 aliphatic heterocycles. The summed E-state index contributed by atoms with van der Waals surface area (Å²) in [6.07, 6.45) is 0. The maximum Gasteiger partial charge on any atom is 0.103 e. The maximum absolute atomic E-state index is 9.98. The molecule has 4 saturated heterocycles. The molecule has 0 aromatic rings. The van der Waals surface area contributed by atoms with Crippen LogP contribution in [0.25, 0.3) is 0 Å². The summed E-state index contributed by atoms with van der Waals surface area (Å²) in [5.41, 5.74) is -0.422. The Morgan fingerprint density at radius 2 is 1.18 bits per heavy atom. The van der Waals surface area contributed by atoms with Crippen LogP contribution in [0.5, 0.6) is 0 Å². The molecular weight excluding hydrogens is 142 g/mol. The van der Waals surface area contributed by atoms with E-state index in [0.29, 0.717) is 0 Å². The second-order valence-electron chi connectivity index (χ2n) is 4.14. The summed E-state index contributed by atoms with van der Waals surface area (Å²) in [4.78, 5) is 6.91. The van der Waals surface area contributed by atoms with Gasteiger partial charge in [-0.2, -0.15) is 0 Å². The zero-order chi connectivity index (χ0) is 7.47. The second kappa shape index (κ2) is 1.77. The lowest BCUT2D eigenvalue weighted by Crippen LogP contribution is -2.75. The zero-order valence-electron chi connectivity index (χ0n) is 6.53. The van der Waals surface area contributed by atoms with Gasteiger partial charge in [-0.15, -0.1) is 0 Å². The molecule has 0 unspecified atom stereocenters. The average molecular weight is 155 g/mol. The predicted molar refractivity (Wildman–Crippen MR) is 39.7 cm³/mol. The van der Waals surface area contributed by atoms with Crippen molar-refractivity contribution in [2.75, 3.05) is 39.6 Å². The molecular formula is C7H13N3O.